The number of benzene rings is 1. The standard InChI is InChI=1S/C15H14O6/c1-21-14(19)15(20)11(9-5-3-2-4-6-9)7-10(16)8-12(15)13(17)18/h2-8,12,16,20H,1H3,(H,17,18). The summed E-state index contributed by atoms with van der Waals surface area (Å²) < 4.78 is 4.56. The summed E-state index contributed by atoms with van der Waals surface area (Å²) in [6.45, 7) is 0. The van der Waals surface area contributed by atoms with Crippen LogP contribution in [0.15, 0.2) is 48.2 Å². The van der Waals surface area contributed by atoms with Crippen molar-refractivity contribution in [2.75, 3.05) is 7.11 Å². The zero-order chi connectivity index (χ0) is 15.6. The van der Waals surface area contributed by atoms with E-state index in [0.29, 0.717) is 5.56 Å². The molecule has 1 aliphatic carbocycles. The van der Waals surface area contributed by atoms with Crippen LogP contribution in [-0.4, -0.2) is 40.0 Å². The highest BCUT2D eigenvalue weighted by molar-refractivity contribution is 6.02. The van der Waals surface area contributed by atoms with E-state index >= 15 is 0 Å². The Bertz CT molecular complexity index is 631. The van der Waals surface area contributed by atoms with Gasteiger partial charge >= 0.3 is 11.9 Å². The third kappa shape index (κ3) is 2.41. The van der Waals surface area contributed by atoms with E-state index in [9.17, 15) is 24.9 Å². The van der Waals surface area contributed by atoms with Gasteiger partial charge in [0.2, 0.25) is 5.60 Å². The molecule has 0 spiro atoms. The van der Waals surface area contributed by atoms with Crippen LogP contribution in [0.2, 0.25) is 0 Å². The fourth-order valence-corrected chi connectivity index (χ4v) is 2.33. The van der Waals surface area contributed by atoms with Gasteiger partial charge in [0, 0.05) is 5.57 Å². The number of carbonyl (C=O) groups is 2. The van der Waals surface area contributed by atoms with Gasteiger partial charge in [0.25, 0.3) is 0 Å². The Morgan fingerprint density at radius 1 is 1.24 bits per heavy atom. The lowest BCUT2D eigenvalue weighted by atomic mass is 9.74. The van der Waals surface area contributed by atoms with Gasteiger partial charge in [-0.15, -0.1) is 0 Å². The first kappa shape index (κ1) is 14.8. The first-order chi connectivity index (χ1) is 9.91. The zero-order valence-corrected chi connectivity index (χ0v) is 11.2. The highest BCUT2D eigenvalue weighted by Crippen LogP contribution is 2.40. The number of aliphatic carboxylic acids is 1. The topological polar surface area (TPSA) is 104 Å². The van der Waals surface area contributed by atoms with Gasteiger partial charge in [0.15, 0.2) is 0 Å². The number of aliphatic hydroxyl groups is 2. The van der Waals surface area contributed by atoms with Crippen LogP contribution < -0.4 is 0 Å². The maximum atomic E-state index is 12.0. The molecular weight excluding hydrogens is 276 g/mol. The SMILES string of the molecule is COC(=O)C1(O)C(c2ccccc2)=CC(O)=CC1C(=O)O. The zero-order valence-electron chi connectivity index (χ0n) is 11.2. The number of carbonyl (C=O) groups excluding carboxylic acids is 1. The summed E-state index contributed by atoms with van der Waals surface area (Å²) in [7, 11) is 1.06. The molecule has 0 saturated carbocycles. The van der Waals surface area contributed by atoms with Gasteiger partial charge in [0.05, 0.1) is 7.11 Å². The molecule has 1 aromatic rings. The van der Waals surface area contributed by atoms with Crippen LogP contribution in [-0.2, 0) is 14.3 Å². The molecule has 110 valence electrons. The molecule has 2 rings (SSSR count). The molecule has 1 aliphatic rings. The molecule has 2 atom stereocenters. The third-order valence-electron chi connectivity index (χ3n) is 3.34. The number of rotatable bonds is 3. The summed E-state index contributed by atoms with van der Waals surface area (Å²) in [5.74, 6) is -4.54. The maximum Gasteiger partial charge on any atom is 0.343 e. The van der Waals surface area contributed by atoms with Crippen LogP contribution in [0.4, 0.5) is 0 Å². The molecule has 0 radical (unpaired) electrons. The van der Waals surface area contributed by atoms with Crippen molar-refractivity contribution in [3.63, 3.8) is 0 Å². The molecule has 0 aromatic heterocycles. The van der Waals surface area contributed by atoms with Crippen molar-refractivity contribution in [2.45, 2.75) is 5.60 Å². The van der Waals surface area contributed by atoms with Crippen LogP contribution in [0.25, 0.3) is 5.57 Å². The Morgan fingerprint density at radius 2 is 1.86 bits per heavy atom. The first-order valence-corrected chi connectivity index (χ1v) is 6.13. The van der Waals surface area contributed by atoms with Gasteiger partial charge in [-0.25, -0.2) is 4.79 Å². The van der Waals surface area contributed by atoms with Crippen molar-refractivity contribution >= 4 is 17.5 Å². The molecule has 6 heteroatoms. The predicted octanol–water partition coefficient (Wildman–Crippen LogP) is 1.13. The Morgan fingerprint density at radius 3 is 2.38 bits per heavy atom. The largest absolute Gasteiger partial charge is 0.508 e. The summed E-state index contributed by atoms with van der Waals surface area (Å²) in [5.41, 5.74) is -2.02. The highest BCUT2D eigenvalue weighted by Gasteiger charge is 2.53. The molecule has 0 fully saturated rings. The van der Waals surface area contributed by atoms with E-state index in [2.05, 4.69) is 4.74 Å². The number of hydrogen-bond acceptors (Lipinski definition) is 5. The third-order valence-corrected chi connectivity index (χ3v) is 3.34. The fourth-order valence-electron chi connectivity index (χ4n) is 2.33. The molecule has 2 unspecified atom stereocenters. The molecule has 6 nitrogen and oxygen atoms in total. The minimum Gasteiger partial charge on any atom is -0.508 e. The van der Waals surface area contributed by atoms with Crippen molar-refractivity contribution in [3.05, 3.63) is 53.8 Å². The second-order valence-electron chi connectivity index (χ2n) is 4.59. The molecule has 0 bridgehead atoms. The van der Waals surface area contributed by atoms with Gasteiger partial charge in [-0.1, -0.05) is 30.3 Å². The molecule has 1 aromatic carbocycles. The van der Waals surface area contributed by atoms with Crippen LogP contribution in [0.3, 0.4) is 0 Å². The Labute approximate surface area is 120 Å². The van der Waals surface area contributed by atoms with Crippen LogP contribution in [0.5, 0.6) is 0 Å². The Hall–Kier alpha value is -2.60. The number of esters is 1. The maximum absolute atomic E-state index is 12.0. The number of aliphatic hydroxyl groups excluding tert-OH is 1. The van der Waals surface area contributed by atoms with Gasteiger partial charge in [-0.3, -0.25) is 4.79 Å². The van der Waals surface area contributed by atoms with Crippen molar-refractivity contribution in [2.24, 2.45) is 5.92 Å². The lowest BCUT2D eigenvalue weighted by Crippen LogP contribution is -2.51. The number of hydrogen-bond donors (Lipinski definition) is 3. The number of allylic oxidation sites excluding steroid dienone is 1. The fraction of sp³-hybridized carbons (Fsp3) is 0.200. The average Bonchev–Trinajstić information content (AvgIpc) is 2.48. The van der Waals surface area contributed by atoms with Crippen molar-refractivity contribution in [3.8, 4) is 0 Å². The molecule has 0 amide bonds. The van der Waals surface area contributed by atoms with Crippen LogP contribution in [0, 0.1) is 5.92 Å². The van der Waals surface area contributed by atoms with Gasteiger partial charge in [-0.2, -0.15) is 0 Å². The minimum absolute atomic E-state index is 0.0256. The van der Waals surface area contributed by atoms with E-state index in [1.807, 2.05) is 0 Å². The first-order valence-electron chi connectivity index (χ1n) is 6.13. The Balaban J connectivity index is 2.66. The van der Waals surface area contributed by atoms with Crippen molar-refractivity contribution in [1.82, 2.24) is 0 Å². The van der Waals surface area contributed by atoms with E-state index in [4.69, 9.17) is 0 Å². The van der Waals surface area contributed by atoms with E-state index in [1.165, 1.54) is 0 Å². The molecule has 21 heavy (non-hydrogen) atoms. The monoisotopic (exact) mass is 290 g/mol. The molecule has 0 saturated heterocycles. The number of methoxy groups -OCH3 is 1. The van der Waals surface area contributed by atoms with Gasteiger partial charge in [0.1, 0.15) is 11.7 Å². The summed E-state index contributed by atoms with van der Waals surface area (Å²) in [6, 6.07) is 8.25. The lowest BCUT2D eigenvalue weighted by Gasteiger charge is -2.34. The molecule has 0 heterocycles. The van der Waals surface area contributed by atoms with Gasteiger partial charge < -0.3 is 20.1 Å². The summed E-state index contributed by atoms with van der Waals surface area (Å²) in [6.07, 6.45) is 2.07. The van der Waals surface area contributed by atoms with Gasteiger partial charge in [-0.05, 0) is 17.7 Å². The van der Waals surface area contributed by atoms with Crippen molar-refractivity contribution in [1.29, 1.82) is 0 Å². The van der Waals surface area contributed by atoms with Crippen LogP contribution in [0.1, 0.15) is 5.56 Å². The van der Waals surface area contributed by atoms with Crippen LogP contribution >= 0.6 is 0 Å². The van der Waals surface area contributed by atoms with E-state index < -0.39 is 23.5 Å². The average molecular weight is 290 g/mol. The minimum atomic E-state index is -2.41. The molecular formula is C15H14O6. The number of ether oxygens (including phenoxy) is 1. The Kier molecular flexibility index (Phi) is 3.82. The summed E-state index contributed by atoms with van der Waals surface area (Å²) >= 11 is 0. The summed E-state index contributed by atoms with van der Waals surface area (Å²) in [4.78, 5) is 23.4. The second kappa shape index (κ2) is 5.41. The number of carboxylic acid groups (broad SMARTS) is 1. The molecule has 0 aliphatic heterocycles. The summed E-state index contributed by atoms with van der Waals surface area (Å²) in [5, 5.41) is 29.7. The molecule has 3 N–H and O–H groups in total. The van der Waals surface area contributed by atoms with E-state index in [1.54, 1.807) is 30.3 Å². The van der Waals surface area contributed by atoms with E-state index in [-0.39, 0.29) is 11.3 Å². The quantitative estimate of drug-likeness (QED) is 0.721. The number of carboxylic acids is 1. The van der Waals surface area contributed by atoms with E-state index in [0.717, 1.165) is 19.3 Å². The normalized spacial score (nSPS) is 24.8. The highest BCUT2D eigenvalue weighted by atomic mass is 16.5. The smallest absolute Gasteiger partial charge is 0.343 e. The van der Waals surface area contributed by atoms with Crippen molar-refractivity contribution < 1.29 is 29.6 Å². The second-order valence-corrected chi connectivity index (χ2v) is 4.59. The lowest BCUT2D eigenvalue weighted by molar-refractivity contribution is -0.166. The predicted molar refractivity (Wildman–Crippen MR) is 73.2 cm³/mol.